The molecular formula is C26H26N2O3S2. The van der Waals surface area contributed by atoms with Gasteiger partial charge in [-0.1, -0.05) is 35.4 Å². The first-order chi connectivity index (χ1) is 15.9. The standard InChI is InChI=1S/C26H26N2O3S2/c29-21-9-11-26(16-22-18-4-3-5-19(22)14-18)17-28(13-10-20(26)15-21)33(30,31)25-8-7-24(32-25)23-6-1-2-12-27-23/h1-8,12,15,18,22H,9-11,13-14,16-17H2. The van der Waals surface area contributed by atoms with E-state index in [0.717, 1.165) is 29.8 Å². The summed E-state index contributed by atoms with van der Waals surface area (Å²) >= 11 is 1.28. The van der Waals surface area contributed by atoms with Crippen LogP contribution in [0.15, 0.2) is 76.2 Å². The van der Waals surface area contributed by atoms with Gasteiger partial charge < -0.3 is 0 Å². The lowest BCUT2D eigenvalue weighted by Crippen LogP contribution is -2.50. The lowest BCUT2D eigenvalue weighted by Gasteiger charge is -2.51. The van der Waals surface area contributed by atoms with E-state index < -0.39 is 10.0 Å². The highest BCUT2D eigenvalue weighted by molar-refractivity contribution is 7.91. The van der Waals surface area contributed by atoms with Gasteiger partial charge in [-0.2, -0.15) is 4.31 Å². The Morgan fingerprint density at radius 1 is 1.18 bits per heavy atom. The molecule has 2 fully saturated rings. The number of thiophene rings is 1. The van der Waals surface area contributed by atoms with E-state index in [4.69, 9.17) is 0 Å². The van der Waals surface area contributed by atoms with Crippen molar-refractivity contribution in [1.29, 1.82) is 0 Å². The number of ketones is 1. The predicted octanol–water partition coefficient (Wildman–Crippen LogP) is 5.00. The van der Waals surface area contributed by atoms with Crippen molar-refractivity contribution >= 4 is 27.1 Å². The zero-order valence-electron chi connectivity index (χ0n) is 18.3. The maximum Gasteiger partial charge on any atom is 0.252 e. The highest BCUT2D eigenvalue weighted by Gasteiger charge is 2.49. The molecule has 5 nitrogen and oxygen atoms in total. The minimum absolute atomic E-state index is 0.183. The third-order valence-corrected chi connectivity index (χ3v) is 11.2. The van der Waals surface area contributed by atoms with Crippen LogP contribution >= 0.6 is 11.3 Å². The minimum atomic E-state index is -3.61. The van der Waals surface area contributed by atoms with E-state index in [2.05, 4.69) is 23.2 Å². The third-order valence-electron chi connectivity index (χ3n) is 7.81. The van der Waals surface area contributed by atoms with E-state index in [1.165, 1.54) is 22.5 Å². The van der Waals surface area contributed by atoms with E-state index in [1.807, 2.05) is 30.3 Å². The normalized spacial score (nSPS) is 29.2. The molecule has 2 aromatic heterocycles. The molecule has 1 saturated carbocycles. The molecule has 3 atom stereocenters. The first kappa shape index (κ1) is 21.2. The predicted molar refractivity (Wildman–Crippen MR) is 129 cm³/mol. The quantitative estimate of drug-likeness (QED) is 0.606. The van der Waals surface area contributed by atoms with Crippen LogP contribution in [0.4, 0.5) is 0 Å². The summed E-state index contributed by atoms with van der Waals surface area (Å²) in [7, 11) is -3.61. The zero-order valence-corrected chi connectivity index (χ0v) is 19.9. The summed E-state index contributed by atoms with van der Waals surface area (Å²) in [5.74, 6) is 1.22. The smallest absolute Gasteiger partial charge is 0.252 e. The van der Waals surface area contributed by atoms with E-state index in [-0.39, 0.29) is 11.2 Å². The molecule has 0 spiro atoms. The van der Waals surface area contributed by atoms with Gasteiger partial charge in [-0.25, -0.2) is 8.42 Å². The maximum absolute atomic E-state index is 13.7. The molecule has 4 aliphatic rings. The van der Waals surface area contributed by atoms with Crippen molar-refractivity contribution in [2.24, 2.45) is 17.3 Å². The Bertz CT molecular complexity index is 1310. The van der Waals surface area contributed by atoms with Crippen LogP contribution in [0.5, 0.6) is 0 Å². The Balaban J connectivity index is 1.30. The lowest BCUT2D eigenvalue weighted by atomic mass is 9.56. The topological polar surface area (TPSA) is 67.3 Å². The van der Waals surface area contributed by atoms with Gasteiger partial charge in [0.1, 0.15) is 4.21 Å². The fraction of sp³-hybridized carbons (Fsp3) is 0.385. The largest absolute Gasteiger partial charge is 0.295 e. The van der Waals surface area contributed by atoms with Crippen molar-refractivity contribution in [2.45, 2.75) is 36.3 Å². The second kappa shape index (κ2) is 7.86. The molecule has 1 saturated heterocycles. The van der Waals surface area contributed by atoms with Crippen LogP contribution in [0, 0.1) is 17.3 Å². The molecule has 170 valence electrons. The van der Waals surface area contributed by atoms with Crippen molar-refractivity contribution < 1.29 is 13.2 Å². The van der Waals surface area contributed by atoms with Gasteiger partial charge in [-0.3, -0.25) is 9.78 Å². The van der Waals surface area contributed by atoms with Gasteiger partial charge in [-0.05, 0) is 67.9 Å². The van der Waals surface area contributed by atoms with Gasteiger partial charge >= 0.3 is 0 Å². The molecule has 7 heteroatoms. The van der Waals surface area contributed by atoms with Crippen molar-refractivity contribution in [2.75, 3.05) is 13.1 Å². The number of pyridine rings is 1. The molecule has 2 aromatic rings. The van der Waals surface area contributed by atoms with E-state index >= 15 is 0 Å². The number of aromatic nitrogens is 1. The van der Waals surface area contributed by atoms with Crippen LogP contribution in [-0.4, -0.2) is 36.6 Å². The average Bonchev–Trinajstić information content (AvgIpc) is 3.35. The molecule has 33 heavy (non-hydrogen) atoms. The van der Waals surface area contributed by atoms with Crippen molar-refractivity contribution in [3.63, 3.8) is 0 Å². The highest BCUT2D eigenvalue weighted by Crippen LogP contribution is 2.55. The zero-order chi connectivity index (χ0) is 22.6. The average molecular weight is 479 g/mol. The van der Waals surface area contributed by atoms with Crippen molar-refractivity contribution in [3.05, 3.63) is 72.0 Å². The Kier molecular flexibility index (Phi) is 5.05. The number of piperidine rings is 1. The van der Waals surface area contributed by atoms with Crippen LogP contribution < -0.4 is 0 Å². The Morgan fingerprint density at radius 2 is 2.09 bits per heavy atom. The number of carbonyl (C=O) groups is 1. The number of carbonyl (C=O) groups excluding carboxylic acids is 1. The summed E-state index contributed by atoms with van der Waals surface area (Å²) in [5.41, 5.74) is 3.19. The fourth-order valence-electron chi connectivity index (χ4n) is 5.96. The monoisotopic (exact) mass is 478 g/mol. The van der Waals surface area contributed by atoms with Crippen LogP contribution in [0.3, 0.4) is 0 Å². The molecule has 0 amide bonds. The van der Waals surface area contributed by atoms with Crippen molar-refractivity contribution in [3.8, 4) is 10.6 Å². The number of fused-ring (bicyclic) bond motifs is 3. The number of hydrogen-bond donors (Lipinski definition) is 0. The number of allylic oxidation sites excluding steroid dienone is 5. The maximum atomic E-state index is 13.7. The van der Waals surface area contributed by atoms with Crippen LogP contribution in [0.2, 0.25) is 0 Å². The summed E-state index contributed by atoms with van der Waals surface area (Å²) in [6.07, 6.45) is 14.1. The van der Waals surface area contributed by atoms with Gasteiger partial charge in [0, 0.05) is 31.1 Å². The summed E-state index contributed by atoms with van der Waals surface area (Å²) < 4.78 is 29.4. The van der Waals surface area contributed by atoms with E-state index in [1.54, 1.807) is 16.6 Å². The first-order valence-electron chi connectivity index (χ1n) is 11.6. The molecule has 3 unspecified atom stereocenters. The summed E-state index contributed by atoms with van der Waals surface area (Å²) in [6, 6.07) is 9.21. The lowest BCUT2D eigenvalue weighted by molar-refractivity contribution is -0.116. The Hall–Kier alpha value is -2.35. The molecule has 0 N–H and O–H groups in total. The number of hydrogen-bond acceptors (Lipinski definition) is 5. The van der Waals surface area contributed by atoms with Crippen LogP contribution in [-0.2, 0) is 14.8 Å². The van der Waals surface area contributed by atoms with Gasteiger partial charge in [0.15, 0.2) is 5.78 Å². The third kappa shape index (κ3) is 3.57. The molecule has 2 bridgehead atoms. The van der Waals surface area contributed by atoms with Crippen LogP contribution in [0.1, 0.15) is 32.1 Å². The minimum Gasteiger partial charge on any atom is -0.295 e. The number of sulfonamides is 1. The summed E-state index contributed by atoms with van der Waals surface area (Å²) in [5, 5.41) is 0. The van der Waals surface area contributed by atoms with Gasteiger partial charge in [-0.15, -0.1) is 11.3 Å². The molecule has 0 radical (unpaired) electrons. The first-order valence-corrected chi connectivity index (χ1v) is 13.8. The molecule has 1 aliphatic heterocycles. The summed E-state index contributed by atoms with van der Waals surface area (Å²) in [6.45, 7) is 0.891. The Labute approximate surface area is 198 Å². The van der Waals surface area contributed by atoms with E-state index in [0.29, 0.717) is 42.0 Å². The fourth-order valence-corrected chi connectivity index (χ4v) is 8.92. The van der Waals surface area contributed by atoms with Gasteiger partial charge in [0.05, 0.1) is 10.6 Å². The number of nitrogens with zero attached hydrogens (tertiary/aromatic N) is 2. The van der Waals surface area contributed by atoms with Gasteiger partial charge in [0.2, 0.25) is 0 Å². The summed E-state index contributed by atoms with van der Waals surface area (Å²) in [4.78, 5) is 17.4. The Morgan fingerprint density at radius 3 is 2.85 bits per heavy atom. The van der Waals surface area contributed by atoms with Gasteiger partial charge in [0.25, 0.3) is 10.0 Å². The molecule has 0 aromatic carbocycles. The number of rotatable bonds is 5. The second-order valence-electron chi connectivity index (χ2n) is 9.64. The molecular weight excluding hydrogens is 452 g/mol. The second-order valence-corrected chi connectivity index (χ2v) is 12.9. The molecule has 3 heterocycles. The molecule has 3 aliphatic carbocycles. The molecule has 6 rings (SSSR count). The SMILES string of the molecule is O=C1C=C2CCN(S(=O)(=O)c3ccc(-c4ccccn4)s3)CC2(CC2C3=CC=CC2C3)CC1. The highest BCUT2D eigenvalue weighted by atomic mass is 32.2. The van der Waals surface area contributed by atoms with Crippen molar-refractivity contribution in [1.82, 2.24) is 9.29 Å². The van der Waals surface area contributed by atoms with E-state index in [9.17, 15) is 13.2 Å². The van der Waals surface area contributed by atoms with Crippen LogP contribution in [0.25, 0.3) is 10.6 Å².